The van der Waals surface area contributed by atoms with E-state index in [4.69, 9.17) is 10.5 Å². The summed E-state index contributed by atoms with van der Waals surface area (Å²) in [7, 11) is 0. The minimum atomic E-state index is -0.843. The van der Waals surface area contributed by atoms with Crippen LogP contribution in [-0.2, 0) is 23.9 Å². The summed E-state index contributed by atoms with van der Waals surface area (Å²) in [5.41, 5.74) is 5.84. The van der Waals surface area contributed by atoms with E-state index in [1.165, 1.54) is 0 Å². The van der Waals surface area contributed by atoms with Gasteiger partial charge in [0.2, 0.25) is 11.8 Å². The normalized spacial score (nSPS) is 20.9. The minimum Gasteiger partial charge on any atom is -0.465 e. The summed E-state index contributed by atoms with van der Waals surface area (Å²) < 4.78 is 4.75. The molecule has 1 fully saturated rings. The summed E-state index contributed by atoms with van der Waals surface area (Å²) in [6.45, 7) is 5.14. The molecule has 0 aromatic rings. The number of nitrogens with two attached hydrogens (primary N) is 1. The highest BCUT2D eigenvalue weighted by Gasteiger charge is 2.37. The number of imide groups is 1. The van der Waals surface area contributed by atoms with E-state index in [1.54, 1.807) is 6.92 Å². The van der Waals surface area contributed by atoms with Crippen LogP contribution in [0.3, 0.4) is 0 Å². The van der Waals surface area contributed by atoms with Crippen molar-refractivity contribution in [3.63, 3.8) is 0 Å². The quantitative estimate of drug-likeness (QED) is 0.483. The van der Waals surface area contributed by atoms with Crippen LogP contribution < -0.4 is 11.1 Å². The summed E-state index contributed by atoms with van der Waals surface area (Å²) in [5.74, 6) is -2.15. The van der Waals surface area contributed by atoms with Gasteiger partial charge in [0.25, 0.3) is 5.91 Å². The van der Waals surface area contributed by atoms with Gasteiger partial charge < -0.3 is 15.8 Å². The lowest BCUT2D eigenvalue weighted by molar-refractivity contribution is -0.159. The zero-order chi connectivity index (χ0) is 17.6. The Bertz CT molecular complexity index is 480. The van der Waals surface area contributed by atoms with Crippen molar-refractivity contribution in [2.45, 2.75) is 52.1 Å². The molecular formula is C15H25N3O5. The molecule has 1 rings (SSSR count). The van der Waals surface area contributed by atoms with Gasteiger partial charge in [0, 0.05) is 6.42 Å². The largest absolute Gasteiger partial charge is 0.465 e. The van der Waals surface area contributed by atoms with Gasteiger partial charge in [0.15, 0.2) is 0 Å². The van der Waals surface area contributed by atoms with E-state index < -0.39 is 42.3 Å². The molecule has 23 heavy (non-hydrogen) atoms. The number of hydrogen-bond donors (Lipinski definition) is 2. The van der Waals surface area contributed by atoms with Crippen LogP contribution in [-0.4, -0.2) is 53.8 Å². The van der Waals surface area contributed by atoms with Gasteiger partial charge >= 0.3 is 5.97 Å². The second-order valence-corrected chi connectivity index (χ2v) is 5.63. The smallest absolute Gasteiger partial charge is 0.326 e. The lowest BCUT2D eigenvalue weighted by Crippen LogP contribution is -2.58. The van der Waals surface area contributed by atoms with Gasteiger partial charge in [-0.05, 0) is 19.3 Å². The molecule has 0 saturated carbocycles. The molecule has 1 aliphatic rings. The molecule has 1 heterocycles. The third-order valence-electron chi connectivity index (χ3n) is 3.98. The molecule has 0 unspecified atom stereocenters. The molecule has 8 nitrogen and oxygen atoms in total. The molecule has 0 radical (unpaired) electrons. The third kappa shape index (κ3) is 5.02. The van der Waals surface area contributed by atoms with Gasteiger partial charge in [-0.1, -0.05) is 20.3 Å². The van der Waals surface area contributed by atoms with Crippen molar-refractivity contribution in [1.82, 2.24) is 10.2 Å². The van der Waals surface area contributed by atoms with Crippen molar-refractivity contribution in [2.75, 3.05) is 13.2 Å². The zero-order valence-electron chi connectivity index (χ0n) is 13.8. The van der Waals surface area contributed by atoms with Crippen molar-refractivity contribution >= 4 is 23.7 Å². The summed E-state index contributed by atoms with van der Waals surface area (Å²) in [6.07, 6.45) is 1.02. The Balaban J connectivity index is 2.70. The van der Waals surface area contributed by atoms with E-state index in [2.05, 4.69) is 5.32 Å². The maximum absolute atomic E-state index is 12.3. The van der Waals surface area contributed by atoms with Crippen LogP contribution in [0.5, 0.6) is 0 Å². The Labute approximate surface area is 135 Å². The number of rotatable bonds is 7. The Hall–Kier alpha value is -1.96. The van der Waals surface area contributed by atoms with Crippen LogP contribution >= 0.6 is 0 Å². The number of ether oxygens (including phenoxy) is 1. The molecule has 3 amide bonds. The SMILES string of the molecule is CCOC(=O)CN1C(=O)CC[C@H](NC(=O)[C@@H](N)[C@@H](C)CC)C1=O. The second-order valence-electron chi connectivity index (χ2n) is 5.63. The lowest BCUT2D eigenvalue weighted by atomic mass is 9.98. The van der Waals surface area contributed by atoms with Gasteiger partial charge in [-0.3, -0.25) is 24.1 Å². The number of piperidine rings is 1. The van der Waals surface area contributed by atoms with Gasteiger partial charge in [-0.2, -0.15) is 0 Å². The maximum atomic E-state index is 12.3. The zero-order valence-corrected chi connectivity index (χ0v) is 13.8. The first-order chi connectivity index (χ1) is 10.8. The Kier molecular flexibility index (Phi) is 7.15. The fourth-order valence-electron chi connectivity index (χ4n) is 2.25. The molecule has 0 aromatic carbocycles. The Morgan fingerprint density at radius 2 is 2.04 bits per heavy atom. The van der Waals surface area contributed by atoms with Crippen LogP contribution in [0, 0.1) is 5.92 Å². The number of nitrogens with zero attached hydrogens (tertiary/aromatic N) is 1. The molecule has 130 valence electrons. The van der Waals surface area contributed by atoms with E-state index in [0.29, 0.717) is 0 Å². The minimum absolute atomic E-state index is 0.0223. The molecule has 8 heteroatoms. The first-order valence-corrected chi connectivity index (χ1v) is 7.87. The lowest BCUT2D eigenvalue weighted by Gasteiger charge is -2.31. The number of esters is 1. The van der Waals surface area contributed by atoms with Crippen molar-refractivity contribution in [2.24, 2.45) is 11.7 Å². The number of carbonyl (C=O) groups is 4. The topological polar surface area (TPSA) is 119 Å². The van der Waals surface area contributed by atoms with Gasteiger partial charge in [-0.25, -0.2) is 0 Å². The van der Waals surface area contributed by atoms with Crippen LogP contribution in [0.4, 0.5) is 0 Å². The standard InChI is InChI=1S/C15H25N3O5/c1-4-9(3)13(16)14(21)17-10-6-7-11(19)18(15(10)22)8-12(20)23-5-2/h9-10,13H,4-8,16H2,1-3H3,(H,17,21)/t9-,10-,13-/m0/s1. The first-order valence-electron chi connectivity index (χ1n) is 7.87. The van der Waals surface area contributed by atoms with E-state index in [0.717, 1.165) is 11.3 Å². The van der Waals surface area contributed by atoms with Crippen molar-refractivity contribution < 1.29 is 23.9 Å². The summed E-state index contributed by atoms with van der Waals surface area (Å²) in [5, 5.41) is 2.58. The Morgan fingerprint density at radius 3 is 2.61 bits per heavy atom. The molecule has 1 saturated heterocycles. The Morgan fingerprint density at radius 1 is 1.39 bits per heavy atom. The first kappa shape index (κ1) is 19.1. The maximum Gasteiger partial charge on any atom is 0.326 e. The summed E-state index contributed by atoms with van der Waals surface area (Å²) in [4.78, 5) is 48.6. The molecule has 0 aliphatic carbocycles. The average Bonchev–Trinajstić information content (AvgIpc) is 2.52. The molecule has 3 N–H and O–H groups in total. The van der Waals surface area contributed by atoms with Crippen molar-refractivity contribution in [3.8, 4) is 0 Å². The number of hydrogen-bond acceptors (Lipinski definition) is 6. The second kappa shape index (κ2) is 8.61. The number of carbonyl (C=O) groups excluding carboxylic acids is 4. The number of likely N-dealkylation sites (tertiary alicyclic amines) is 1. The molecular weight excluding hydrogens is 302 g/mol. The van der Waals surface area contributed by atoms with Gasteiger partial charge in [-0.15, -0.1) is 0 Å². The van der Waals surface area contributed by atoms with E-state index in [-0.39, 0.29) is 25.4 Å². The molecule has 1 aliphatic heterocycles. The van der Waals surface area contributed by atoms with Crippen LogP contribution in [0.25, 0.3) is 0 Å². The summed E-state index contributed by atoms with van der Waals surface area (Å²) in [6, 6.07) is -1.56. The highest BCUT2D eigenvalue weighted by atomic mass is 16.5. The average molecular weight is 327 g/mol. The van der Waals surface area contributed by atoms with Crippen LogP contribution in [0.1, 0.15) is 40.0 Å². The predicted molar refractivity (Wildman–Crippen MR) is 81.9 cm³/mol. The van der Waals surface area contributed by atoms with Crippen molar-refractivity contribution in [1.29, 1.82) is 0 Å². The number of nitrogens with one attached hydrogen (secondary N) is 1. The van der Waals surface area contributed by atoms with Gasteiger partial charge in [0.1, 0.15) is 12.6 Å². The van der Waals surface area contributed by atoms with E-state index in [9.17, 15) is 19.2 Å². The van der Waals surface area contributed by atoms with E-state index in [1.807, 2.05) is 13.8 Å². The predicted octanol–water partition coefficient (Wildman–Crippen LogP) is -0.443. The van der Waals surface area contributed by atoms with Crippen LogP contribution in [0.2, 0.25) is 0 Å². The van der Waals surface area contributed by atoms with Gasteiger partial charge in [0.05, 0.1) is 12.6 Å². The molecule has 0 bridgehead atoms. The monoisotopic (exact) mass is 327 g/mol. The molecule has 0 spiro atoms. The highest BCUT2D eigenvalue weighted by Crippen LogP contribution is 2.14. The molecule has 0 aromatic heterocycles. The fraction of sp³-hybridized carbons (Fsp3) is 0.733. The third-order valence-corrected chi connectivity index (χ3v) is 3.98. The number of amides is 3. The van der Waals surface area contributed by atoms with Crippen LogP contribution in [0.15, 0.2) is 0 Å². The van der Waals surface area contributed by atoms with E-state index >= 15 is 0 Å². The van der Waals surface area contributed by atoms with Crippen molar-refractivity contribution in [3.05, 3.63) is 0 Å². The molecule has 3 atom stereocenters. The highest BCUT2D eigenvalue weighted by molar-refractivity contribution is 6.04. The summed E-state index contributed by atoms with van der Waals surface area (Å²) >= 11 is 0. The fourth-order valence-corrected chi connectivity index (χ4v) is 2.25.